The van der Waals surface area contributed by atoms with Gasteiger partial charge in [0, 0.05) is 28.8 Å². The molecule has 102 valence electrons. The van der Waals surface area contributed by atoms with Crippen molar-refractivity contribution in [1.82, 2.24) is 4.98 Å². The summed E-state index contributed by atoms with van der Waals surface area (Å²) in [4.78, 5) is 4.59. The van der Waals surface area contributed by atoms with Crippen LogP contribution in [-0.2, 0) is 11.8 Å². The first-order valence-electron chi connectivity index (χ1n) is 6.33. The minimum absolute atomic E-state index is 0.0385. The van der Waals surface area contributed by atoms with Crippen LogP contribution >= 0.6 is 11.3 Å². The van der Waals surface area contributed by atoms with Crippen LogP contribution in [0.1, 0.15) is 43.1 Å². The smallest absolute Gasteiger partial charge is 0.127 e. The lowest BCUT2D eigenvalue weighted by Gasteiger charge is -2.14. The highest BCUT2D eigenvalue weighted by Gasteiger charge is 2.19. The van der Waals surface area contributed by atoms with Gasteiger partial charge in [0.15, 0.2) is 0 Å². The van der Waals surface area contributed by atoms with Crippen LogP contribution in [0.25, 0.3) is 0 Å². The van der Waals surface area contributed by atoms with Crippen molar-refractivity contribution < 1.29 is 4.39 Å². The highest BCUT2D eigenvalue weighted by molar-refractivity contribution is 7.09. The number of hydrogen-bond acceptors (Lipinski definition) is 3. The molecule has 4 heteroatoms. The first-order chi connectivity index (χ1) is 8.88. The van der Waals surface area contributed by atoms with Crippen molar-refractivity contribution in [2.45, 2.75) is 38.6 Å². The van der Waals surface area contributed by atoms with Gasteiger partial charge in [-0.1, -0.05) is 39.0 Å². The molecule has 0 amide bonds. The molecule has 0 saturated heterocycles. The molecule has 0 aliphatic heterocycles. The van der Waals surface area contributed by atoms with Crippen molar-refractivity contribution in [2.75, 3.05) is 0 Å². The zero-order chi connectivity index (χ0) is 14.0. The maximum Gasteiger partial charge on any atom is 0.127 e. The summed E-state index contributed by atoms with van der Waals surface area (Å²) >= 11 is 1.59. The number of aromatic nitrogens is 1. The van der Waals surface area contributed by atoms with Gasteiger partial charge in [0.25, 0.3) is 0 Å². The second kappa shape index (κ2) is 5.39. The number of nitrogens with zero attached hydrogens (tertiary/aromatic N) is 1. The Morgan fingerprint density at radius 2 is 2.00 bits per heavy atom. The zero-order valence-electron chi connectivity index (χ0n) is 11.5. The number of thiazole rings is 1. The minimum Gasteiger partial charge on any atom is -0.324 e. The number of benzene rings is 1. The van der Waals surface area contributed by atoms with Crippen LogP contribution in [0.3, 0.4) is 0 Å². The van der Waals surface area contributed by atoms with Crippen molar-refractivity contribution in [3.8, 4) is 0 Å². The summed E-state index contributed by atoms with van der Waals surface area (Å²) in [5.41, 5.74) is 7.73. The Bertz CT molecular complexity index is 557. The van der Waals surface area contributed by atoms with Gasteiger partial charge in [-0.2, -0.15) is 0 Å². The second-order valence-corrected chi connectivity index (χ2v) is 6.65. The average Bonchev–Trinajstić information content (AvgIpc) is 2.77. The highest BCUT2D eigenvalue weighted by Crippen LogP contribution is 2.26. The highest BCUT2D eigenvalue weighted by atomic mass is 32.1. The molecular formula is C15H19FN2S. The lowest BCUT2D eigenvalue weighted by Crippen LogP contribution is -2.16. The third kappa shape index (κ3) is 3.39. The monoisotopic (exact) mass is 278 g/mol. The Morgan fingerprint density at radius 1 is 1.32 bits per heavy atom. The van der Waals surface area contributed by atoms with Crippen LogP contribution in [0.4, 0.5) is 4.39 Å². The van der Waals surface area contributed by atoms with Gasteiger partial charge in [0.1, 0.15) is 5.82 Å². The van der Waals surface area contributed by atoms with E-state index in [1.165, 1.54) is 6.07 Å². The van der Waals surface area contributed by atoms with E-state index in [1.54, 1.807) is 29.5 Å². The molecule has 0 bridgehead atoms. The molecule has 1 atom stereocenters. The molecule has 1 unspecified atom stereocenters. The summed E-state index contributed by atoms with van der Waals surface area (Å²) in [5, 5.41) is 3.02. The summed E-state index contributed by atoms with van der Waals surface area (Å²) in [6.07, 6.45) is 0.571. The molecule has 2 N–H and O–H groups in total. The summed E-state index contributed by atoms with van der Waals surface area (Å²) in [5.74, 6) is -0.248. The molecule has 2 rings (SSSR count). The first kappa shape index (κ1) is 14.2. The molecule has 1 aromatic carbocycles. The number of nitrogens with two attached hydrogens (primary N) is 1. The summed E-state index contributed by atoms with van der Waals surface area (Å²) < 4.78 is 13.6. The molecule has 0 saturated carbocycles. The fraction of sp³-hybridized carbons (Fsp3) is 0.400. The molecule has 1 heterocycles. The molecule has 2 aromatic rings. The van der Waals surface area contributed by atoms with Gasteiger partial charge >= 0.3 is 0 Å². The second-order valence-electron chi connectivity index (χ2n) is 5.71. The molecule has 19 heavy (non-hydrogen) atoms. The van der Waals surface area contributed by atoms with Crippen molar-refractivity contribution in [3.05, 3.63) is 51.7 Å². The van der Waals surface area contributed by atoms with Gasteiger partial charge in [-0.05, 0) is 6.07 Å². The molecule has 0 radical (unpaired) electrons. The van der Waals surface area contributed by atoms with Gasteiger partial charge < -0.3 is 5.73 Å². The van der Waals surface area contributed by atoms with Crippen LogP contribution in [-0.4, -0.2) is 4.98 Å². The molecule has 2 nitrogen and oxygen atoms in total. The predicted molar refractivity (Wildman–Crippen MR) is 77.8 cm³/mol. The Kier molecular flexibility index (Phi) is 4.02. The van der Waals surface area contributed by atoms with Crippen LogP contribution in [0.5, 0.6) is 0 Å². The molecule has 0 aliphatic rings. The molecule has 0 spiro atoms. The molecule has 0 aliphatic carbocycles. The van der Waals surface area contributed by atoms with Crippen molar-refractivity contribution >= 4 is 11.3 Å². The fourth-order valence-electron chi connectivity index (χ4n) is 1.82. The SMILES string of the molecule is CC(C)(C)c1csc(CC(N)c2ccccc2F)n1. The molecular weight excluding hydrogens is 259 g/mol. The minimum atomic E-state index is -0.347. The van der Waals surface area contributed by atoms with E-state index in [0.29, 0.717) is 12.0 Å². The van der Waals surface area contributed by atoms with Gasteiger partial charge in [0.2, 0.25) is 0 Å². The Balaban J connectivity index is 2.14. The quantitative estimate of drug-likeness (QED) is 0.927. The maximum atomic E-state index is 13.6. The number of hydrogen-bond donors (Lipinski definition) is 1. The topological polar surface area (TPSA) is 38.9 Å². The van der Waals surface area contributed by atoms with Crippen LogP contribution < -0.4 is 5.73 Å². The number of rotatable bonds is 3. The molecule has 1 aromatic heterocycles. The van der Waals surface area contributed by atoms with E-state index in [2.05, 4.69) is 31.1 Å². The van der Waals surface area contributed by atoms with Crippen molar-refractivity contribution in [2.24, 2.45) is 5.73 Å². The molecule has 0 fully saturated rings. The van der Waals surface area contributed by atoms with E-state index in [1.807, 2.05) is 0 Å². The van der Waals surface area contributed by atoms with E-state index in [9.17, 15) is 4.39 Å². The van der Waals surface area contributed by atoms with E-state index in [4.69, 9.17) is 5.73 Å². The summed E-state index contributed by atoms with van der Waals surface area (Å²) in [6.45, 7) is 6.38. The summed E-state index contributed by atoms with van der Waals surface area (Å²) in [7, 11) is 0. The maximum absolute atomic E-state index is 13.6. The van der Waals surface area contributed by atoms with Gasteiger partial charge in [-0.3, -0.25) is 0 Å². The average molecular weight is 278 g/mol. The Morgan fingerprint density at radius 3 is 2.58 bits per heavy atom. The fourth-order valence-corrected chi connectivity index (χ4v) is 2.90. The van der Waals surface area contributed by atoms with Crippen LogP contribution in [0.15, 0.2) is 29.6 Å². The summed E-state index contributed by atoms with van der Waals surface area (Å²) in [6, 6.07) is 6.31. The third-order valence-electron chi connectivity index (χ3n) is 3.02. The van der Waals surface area contributed by atoms with E-state index < -0.39 is 0 Å². The van der Waals surface area contributed by atoms with Crippen molar-refractivity contribution in [3.63, 3.8) is 0 Å². The van der Waals surface area contributed by atoms with Crippen molar-refractivity contribution in [1.29, 1.82) is 0 Å². The van der Waals surface area contributed by atoms with Gasteiger partial charge in [-0.25, -0.2) is 9.37 Å². The first-order valence-corrected chi connectivity index (χ1v) is 7.21. The van der Waals surface area contributed by atoms with Crippen LogP contribution in [0, 0.1) is 5.82 Å². The standard InChI is InChI=1S/C15H19FN2S/c1-15(2,3)13-9-19-14(18-13)8-12(17)10-6-4-5-7-11(10)16/h4-7,9,12H,8,17H2,1-3H3. The largest absolute Gasteiger partial charge is 0.324 e. The third-order valence-corrected chi connectivity index (χ3v) is 3.89. The lowest BCUT2D eigenvalue weighted by molar-refractivity contribution is 0.563. The normalized spacial score (nSPS) is 13.5. The Hall–Kier alpha value is -1.26. The van der Waals surface area contributed by atoms with E-state index in [0.717, 1.165) is 10.7 Å². The number of halogens is 1. The zero-order valence-corrected chi connectivity index (χ0v) is 12.3. The van der Waals surface area contributed by atoms with Crippen LogP contribution in [0.2, 0.25) is 0 Å². The Labute approximate surface area is 117 Å². The van der Waals surface area contributed by atoms with E-state index in [-0.39, 0.29) is 17.3 Å². The van der Waals surface area contributed by atoms with Gasteiger partial charge in [-0.15, -0.1) is 11.3 Å². The van der Waals surface area contributed by atoms with Gasteiger partial charge in [0.05, 0.1) is 10.7 Å². The lowest BCUT2D eigenvalue weighted by atomic mass is 9.93. The van der Waals surface area contributed by atoms with E-state index >= 15 is 0 Å². The predicted octanol–water partition coefficient (Wildman–Crippen LogP) is 3.82.